The molecule has 4 N–H and O–H groups in total. The zero-order valence-corrected chi connectivity index (χ0v) is 10.1. The molecule has 0 heterocycles. The molecule has 2 amide bonds. The first-order valence-corrected chi connectivity index (χ1v) is 6.09. The van der Waals surface area contributed by atoms with Crippen molar-refractivity contribution in [1.82, 2.24) is 5.32 Å². The third kappa shape index (κ3) is 3.12. The molecule has 1 aromatic rings. The molecule has 1 aliphatic rings. The lowest BCUT2D eigenvalue weighted by molar-refractivity contribution is 0.248. The zero-order valence-electron chi connectivity index (χ0n) is 10.1. The summed E-state index contributed by atoms with van der Waals surface area (Å²) in [5, 5.41) is 5.78. The monoisotopic (exact) mass is 233 g/mol. The maximum Gasteiger partial charge on any atom is 0.319 e. The summed E-state index contributed by atoms with van der Waals surface area (Å²) in [6.45, 7) is 1.94. The van der Waals surface area contributed by atoms with Crippen LogP contribution in [0.2, 0.25) is 0 Å². The highest BCUT2D eigenvalue weighted by Gasteiger charge is 2.16. The van der Waals surface area contributed by atoms with Crippen LogP contribution in [0, 0.1) is 6.92 Å². The van der Waals surface area contributed by atoms with Crippen LogP contribution in [-0.2, 0) is 0 Å². The molecule has 0 saturated heterocycles. The lowest BCUT2D eigenvalue weighted by Crippen LogP contribution is -2.36. The topological polar surface area (TPSA) is 67.2 Å². The van der Waals surface area contributed by atoms with Gasteiger partial charge in [-0.1, -0.05) is 18.9 Å². The van der Waals surface area contributed by atoms with Gasteiger partial charge in [-0.3, -0.25) is 0 Å². The molecule has 1 aliphatic carbocycles. The number of carbonyl (C=O) groups is 1. The first-order valence-electron chi connectivity index (χ1n) is 6.09. The van der Waals surface area contributed by atoms with E-state index in [1.807, 2.05) is 19.1 Å². The first-order chi connectivity index (χ1) is 8.15. The molecule has 1 fully saturated rings. The highest BCUT2D eigenvalue weighted by molar-refractivity contribution is 5.90. The lowest BCUT2D eigenvalue weighted by Gasteiger charge is -2.13. The van der Waals surface area contributed by atoms with Gasteiger partial charge in [-0.15, -0.1) is 0 Å². The Labute approximate surface area is 102 Å². The second-order valence-electron chi connectivity index (χ2n) is 4.65. The molecule has 4 heteroatoms. The number of anilines is 2. The number of amides is 2. The van der Waals surface area contributed by atoms with Crippen LogP contribution >= 0.6 is 0 Å². The molecule has 0 aliphatic heterocycles. The van der Waals surface area contributed by atoms with Crippen LogP contribution in [0.15, 0.2) is 18.2 Å². The van der Waals surface area contributed by atoms with Crippen molar-refractivity contribution in [3.8, 4) is 0 Å². The number of urea groups is 1. The van der Waals surface area contributed by atoms with Crippen molar-refractivity contribution in [3.05, 3.63) is 23.8 Å². The second kappa shape index (κ2) is 5.08. The number of nitrogens with one attached hydrogen (secondary N) is 2. The van der Waals surface area contributed by atoms with Gasteiger partial charge in [0, 0.05) is 17.4 Å². The smallest absolute Gasteiger partial charge is 0.319 e. The summed E-state index contributed by atoms with van der Waals surface area (Å²) < 4.78 is 0. The Morgan fingerprint density at radius 1 is 1.35 bits per heavy atom. The summed E-state index contributed by atoms with van der Waals surface area (Å²) in [7, 11) is 0. The average Bonchev–Trinajstić information content (AvgIpc) is 2.76. The van der Waals surface area contributed by atoms with E-state index in [0.717, 1.165) is 24.1 Å². The predicted octanol–water partition coefficient (Wildman–Crippen LogP) is 2.64. The fourth-order valence-corrected chi connectivity index (χ4v) is 2.14. The van der Waals surface area contributed by atoms with E-state index >= 15 is 0 Å². The van der Waals surface area contributed by atoms with Crippen LogP contribution in [0.3, 0.4) is 0 Å². The normalized spacial score (nSPS) is 15.8. The van der Waals surface area contributed by atoms with Gasteiger partial charge in [0.2, 0.25) is 0 Å². The summed E-state index contributed by atoms with van der Waals surface area (Å²) in [4.78, 5) is 11.7. The summed E-state index contributed by atoms with van der Waals surface area (Å²) in [5.41, 5.74) is 8.25. The largest absolute Gasteiger partial charge is 0.398 e. The number of nitrogen functional groups attached to an aromatic ring is 1. The third-order valence-electron chi connectivity index (χ3n) is 3.23. The molecule has 1 saturated carbocycles. The number of benzene rings is 1. The van der Waals surface area contributed by atoms with Gasteiger partial charge in [0.15, 0.2) is 0 Å². The Balaban J connectivity index is 1.90. The van der Waals surface area contributed by atoms with E-state index in [1.165, 1.54) is 12.8 Å². The first kappa shape index (κ1) is 11.8. The minimum atomic E-state index is -0.139. The number of aryl methyl sites for hydroxylation is 1. The minimum absolute atomic E-state index is 0.139. The molecule has 0 spiro atoms. The van der Waals surface area contributed by atoms with Gasteiger partial charge < -0.3 is 16.4 Å². The average molecular weight is 233 g/mol. The predicted molar refractivity (Wildman–Crippen MR) is 70.0 cm³/mol. The molecule has 1 aromatic carbocycles. The van der Waals surface area contributed by atoms with Crippen LogP contribution in [0.1, 0.15) is 31.2 Å². The van der Waals surface area contributed by atoms with Crippen molar-refractivity contribution in [2.24, 2.45) is 0 Å². The summed E-state index contributed by atoms with van der Waals surface area (Å²) in [5.74, 6) is 0. The molecule has 2 rings (SSSR count). The highest BCUT2D eigenvalue weighted by Crippen LogP contribution is 2.19. The van der Waals surface area contributed by atoms with Crippen molar-refractivity contribution >= 4 is 17.4 Å². The van der Waals surface area contributed by atoms with Crippen molar-refractivity contribution in [2.75, 3.05) is 11.1 Å². The van der Waals surface area contributed by atoms with Crippen LogP contribution in [0.5, 0.6) is 0 Å². The van der Waals surface area contributed by atoms with Crippen molar-refractivity contribution in [1.29, 1.82) is 0 Å². The number of hydrogen-bond acceptors (Lipinski definition) is 2. The Morgan fingerprint density at radius 2 is 2.06 bits per heavy atom. The van der Waals surface area contributed by atoms with Gasteiger partial charge >= 0.3 is 6.03 Å². The van der Waals surface area contributed by atoms with E-state index in [-0.39, 0.29) is 6.03 Å². The van der Waals surface area contributed by atoms with Gasteiger partial charge in [0.25, 0.3) is 0 Å². The van der Waals surface area contributed by atoms with E-state index < -0.39 is 0 Å². The quantitative estimate of drug-likeness (QED) is 0.687. The van der Waals surface area contributed by atoms with Crippen molar-refractivity contribution in [3.63, 3.8) is 0 Å². The molecule has 4 nitrogen and oxygen atoms in total. The molecular formula is C13H19N3O. The summed E-state index contributed by atoms with van der Waals surface area (Å²) in [6, 6.07) is 5.74. The van der Waals surface area contributed by atoms with Crippen LogP contribution in [0.4, 0.5) is 16.2 Å². The zero-order chi connectivity index (χ0) is 12.3. The molecular weight excluding hydrogens is 214 g/mol. The van der Waals surface area contributed by atoms with Crippen LogP contribution in [-0.4, -0.2) is 12.1 Å². The third-order valence-corrected chi connectivity index (χ3v) is 3.23. The lowest BCUT2D eigenvalue weighted by atomic mass is 10.2. The second-order valence-corrected chi connectivity index (χ2v) is 4.65. The molecule has 92 valence electrons. The Morgan fingerprint density at radius 3 is 2.71 bits per heavy atom. The van der Waals surface area contributed by atoms with Gasteiger partial charge in [0.05, 0.1) is 0 Å². The van der Waals surface area contributed by atoms with E-state index in [9.17, 15) is 4.79 Å². The number of nitrogens with two attached hydrogens (primary N) is 1. The SMILES string of the molecule is Cc1ccc(NC(=O)NC2CCCC2)cc1N. The molecule has 0 radical (unpaired) electrons. The van der Waals surface area contributed by atoms with E-state index in [0.29, 0.717) is 11.7 Å². The van der Waals surface area contributed by atoms with Crippen LogP contribution < -0.4 is 16.4 Å². The Kier molecular flexibility index (Phi) is 3.52. The fraction of sp³-hybridized carbons (Fsp3) is 0.462. The number of carbonyl (C=O) groups excluding carboxylic acids is 1. The molecule has 0 aromatic heterocycles. The fourth-order valence-electron chi connectivity index (χ4n) is 2.14. The van der Waals surface area contributed by atoms with Gasteiger partial charge in [0.1, 0.15) is 0 Å². The number of rotatable bonds is 2. The van der Waals surface area contributed by atoms with Crippen LogP contribution in [0.25, 0.3) is 0 Å². The van der Waals surface area contributed by atoms with Gasteiger partial charge in [-0.05, 0) is 37.5 Å². The Bertz CT molecular complexity index is 411. The molecule has 0 unspecified atom stereocenters. The van der Waals surface area contributed by atoms with E-state index in [2.05, 4.69) is 10.6 Å². The summed E-state index contributed by atoms with van der Waals surface area (Å²) >= 11 is 0. The molecule has 0 atom stereocenters. The number of hydrogen-bond donors (Lipinski definition) is 3. The summed E-state index contributed by atoms with van der Waals surface area (Å²) in [6.07, 6.45) is 4.60. The maximum atomic E-state index is 11.7. The molecule has 17 heavy (non-hydrogen) atoms. The minimum Gasteiger partial charge on any atom is -0.398 e. The highest BCUT2D eigenvalue weighted by atomic mass is 16.2. The van der Waals surface area contributed by atoms with Crippen molar-refractivity contribution in [2.45, 2.75) is 38.6 Å². The van der Waals surface area contributed by atoms with Gasteiger partial charge in [-0.25, -0.2) is 4.79 Å². The maximum absolute atomic E-state index is 11.7. The van der Waals surface area contributed by atoms with E-state index in [1.54, 1.807) is 6.07 Å². The molecule has 0 bridgehead atoms. The standard InChI is InChI=1S/C13H19N3O/c1-9-6-7-11(8-12(9)14)16-13(17)15-10-4-2-3-5-10/h6-8,10H,2-5,14H2,1H3,(H2,15,16,17). The Hall–Kier alpha value is -1.71. The van der Waals surface area contributed by atoms with Crippen molar-refractivity contribution < 1.29 is 4.79 Å². The van der Waals surface area contributed by atoms with E-state index in [4.69, 9.17) is 5.73 Å². The van der Waals surface area contributed by atoms with Gasteiger partial charge in [-0.2, -0.15) is 0 Å².